The van der Waals surface area contributed by atoms with Crippen molar-refractivity contribution in [3.8, 4) is 0 Å². The van der Waals surface area contributed by atoms with Gasteiger partial charge < -0.3 is 10.4 Å². The summed E-state index contributed by atoms with van der Waals surface area (Å²) in [4.78, 5) is 11.5. The van der Waals surface area contributed by atoms with Crippen LogP contribution in [0.1, 0.15) is 11.1 Å². The topological polar surface area (TPSA) is 66.4 Å². The molecule has 0 aliphatic rings. The number of anilines is 1. The van der Waals surface area contributed by atoms with Crippen LogP contribution in [0.4, 0.5) is 5.69 Å². The highest BCUT2D eigenvalue weighted by Crippen LogP contribution is 2.15. The Morgan fingerprint density at radius 1 is 1.41 bits per heavy atom. The quantitative estimate of drug-likeness (QED) is 0.824. The smallest absolute Gasteiger partial charge is 0.236 e. The number of rotatable bonds is 5. The van der Waals surface area contributed by atoms with Gasteiger partial charge >= 0.3 is 0 Å². The van der Waals surface area contributed by atoms with E-state index in [2.05, 4.69) is 5.32 Å². The highest BCUT2D eigenvalue weighted by molar-refractivity contribution is 7.85. The maximum atomic E-state index is 11.5. The molecule has 0 heterocycles. The first-order valence-electron chi connectivity index (χ1n) is 5.36. The molecule has 0 saturated heterocycles. The highest BCUT2D eigenvalue weighted by atomic mass is 32.2. The third-order valence-corrected chi connectivity index (χ3v) is 3.49. The van der Waals surface area contributed by atoms with E-state index in [-0.39, 0.29) is 24.0 Å². The summed E-state index contributed by atoms with van der Waals surface area (Å²) in [6.45, 7) is 3.73. The van der Waals surface area contributed by atoms with Crippen molar-refractivity contribution in [2.75, 3.05) is 23.4 Å². The second-order valence-electron chi connectivity index (χ2n) is 3.88. The van der Waals surface area contributed by atoms with E-state index >= 15 is 0 Å². The molecule has 0 aliphatic heterocycles. The Morgan fingerprint density at radius 3 is 2.71 bits per heavy atom. The summed E-state index contributed by atoms with van der Waals surface area (Å²) in [7, 11) is -1.30. The average Bonchev–Trinajstić information content (AvgIpc) is 2.22. The van der Waals surface area contributed by atoms with E-state index in [0.717, 1.165) is 16.8 Å². The van der Waals surface area contributed by atoms with E-state index in [9.17, 15) is 9.00 Å². The minimum atomic E-state index is -1.30. The molecule has 0 bridgehead atoms. The number of hydrogen-bond donors (Lipinski definition) is 2. The highest BCUT2D eigenvalue weighted by Gasteiger charge is 2.09. The SMILES string of the molecule is Cc1ccc(NC(=O)CS(=O)CCO)c(C)c1. The normalized spacial score (nSPS) is 12.2. The van der Waals surface area contributed by atoms with E-state index in [1.807, 2.05) is 32.0 Å². The summed E-state index contributed by atoms with van der Waals surface area (Å²) in [5.74, 6) is -0.225. The number of nitrogens with one attached hydrogen (secondary N) is 1. The van der Waals surface area contributed by atoms with Crippen molar-refractivity contribution in [2.45, 2.75) is 13.8 Å². The molecule has 1 atom stereocenters. The third kappa shape index (κ3) is 4.66. The van der Waals surface area contributed by atoms with Crippen LogP contribution in [0, 0.1) is 13.8 Å². The lowest BCUT2D eigenvalue weighted by molar-refractivity contribution is -0.113. The fourth-order valence-corrected chi connectivity index (χ4v) is 2.17. The fraction of sp³-hybridized carbons (Fsp3) is 0.417. The van der Waals surface area contributed by atoms with Crippen molar-refractivity contribution >= 4 is 22.4 Å². The second-order valence-corrected chi connectivity index (χ2v) is 5.46. The number of benzene rings is 1. The molecule has 5 heteroatoms. The molecule has 0 aromatic heterocycles. The van der Waals surface area contributed by atoms with Gasteiger partial charge in [0.25, 0.3) is 0 Å². The molecule has 1 unspecified atom stereocenters. The first-order valence-corrected chi connectivity index (χ1v) is 6.84. The Hall–Kier alpha value is -1.20. The molecule has 4 nitrogen and oxygen atoms in total. The lowest BCUT2D eigenvalue weighted by Crippen LogP contribution is -2.22. The molecule has 0 spiro atoms. The van der Waals surface area contributed by atoms with E-state index in [4.69, 9.17) is 5.11 Å². The summed E-state index contributed by atoms with van der Waals surface area (Å²) >= 11 is 0. The van der Waals surface area contributed by atoms with Crippen molar-refractivity contribution in [2.24, 2.45) is 0 Å². The Balaban J connectivity index is 2.59. The van der Waals surface area contributed by atoms with Crippen molar-refractivity contribution < 1.29 is 14.1 Å². The van der Waals surface area contributed by atoms with Gasteiger partial charge in [0.2, 0.25) is 5.91 Å². The summed E-state index contributed by atoms with van der Waals surface area (Å²) in [6, 6.07) is 5.71. The van der Waals surface area contributed by atoms with E-state index in [0.29, 0.717) is 0 Å². The maximum Gasteiger partial charge on any atom is 0.236 e. The van der Waals surface area contributed by atoms with Gasteiger partial charge in [-0.3, -0.25) is 9.00 Å². The van der Waals surface area contributed by atoms with Gasteiger partial charge in [-0.05, 0) is 25.5 Å². The van der Waals surface area contributed by atoms with Gasteiger partial charge in [-0.1, -0.05) is 17.7 Å². The molecule has 1 rings (SSSR count). The second kappa shape index (κ2) is 6.51. The molecule has 17 heavy (non-hydrogen) atoms. The summed E-state index contributed by atoms with van der Waals surface area (Å²) in [5.41, 5.74) is 2.84. The first-order chi connectivity index (χ1) is 8.02. The minimum absolute atomic E-state index is 0.0755. The molecule has 0 saturated carbocycles. The van der Waals surface area contributed by atoms with Crippen LogP contribution in [0.5, 0.6) is 0 Å². The summed E-state index contributed by atoms with van der Waals surface area (Å²) in [5, 5.41) is 11.3. The molecule has 2 N–H and O–H groups in total. The number of carbonyl (C=O) groups excluding carboxylic acids is 1. The molecule has 0 fully saturated rings. The van der Waals surface area contributed by atoms with Crippen LogP contribution < -0.4 is 5.32 Å². The Morgan fingerprint density at radius 2 is 2.12 bits per heavy atom. The molecule has 0 radical (unpaired) electrons. The molecule has 1 amide bonds. The Bertz CT molecular complexity index is 432. The zero-order chi connectivity index (χ0) is 12.8. The van der Waals surface area contributed by atoms with E-state index in [1.54, 1.807) is 0 Å². The first kappa shape index (κ1) is 13.9. The number of carbonyl (C=O) groups is 1. The third-order valence-electron chi connectivity index (χ3n) is 2.27. The van der Waals surface area contributed by atoms with Crippen molar-refractivity contribution in [1.82, 2.24) is 0 Å². The average molecular weight is 255 g/mol. The monoisotopic (exact) mass is 255 g/mol. The molecule has 0 aliphatic carbocycles. The van der Waals surface area contributed by atoms with Gasteiger partial charge in [-0.2, -0.15) is 0 Å². The van der Waals surface area contributed by atoms with Gasteiger partial charge in [0.15, 0.2) is 0 Å². The lowest BCUT2D eigenvalue weighted by Gasteiger charge is -2.08. The van der Waals surface area contributed by atoms with Crippen LogP contribution in [0.2, 0.25) is 0 Å². The predicted octanol–water partition coefficient (Wildman–Crippen LogP) is 0.983. The van der Waals surface area contributed by atoms with Crippen molar-refractivity contribution in [3.63, 3.8) is 0 Å². The molecule has 94 valence electrons. The van der Waals surface area contributed by atoms with Gasteiger partial charge in [0.1, 0.15) is 5.75 Å². The van der Waals surface area contributed by atoms with Gasteiger partial charge in [-0.15, -0.1) is 0 Å². The standard InChI is InChI=1S/C12H17NO3S/c1-9-3-4-11(10(2)7-9)13-12(15)8-17(16)6-5-14/h3-4,7,14H,5-6,8H2,1-2H3,(H,13,15). The molecular weight excluding hydrogens is 238 g/mol. The van der Waals surface area contributed by atoms with Crippen LogP contribution in [-0.4, -0.2) is 33.3 Å². The predicted molar refractivity (Wildman–Crippen MR) is 69.5 cm³/mol. The van der Waals surface area contributed by atoms with Crippen LogP contribution in [0.25, 0.3) is 0 Å². The number of amides is 1. The molecule has 1 aromatic carbocycles. The zero-order valence-corrected chi connectivity index (χ0v) is 10.8. The van der Waals surface area contributed by atoms with Crippen LogP contribution in [0.15, 0.2) is 18.2 Å². The molecule has 1 aromatic rings. The maximum absolute atomic E-state index is 11.5. The molecular formula is C12H17NO3S. The number of aliphatic hydroxyl groups excluding tert-OH is 1. The van der Waals surface area contributed by atoms with E-state index < -0.39 is 10.8 Å². The number of hydrogen-bond acceptors (Lipinski definition) is 3. The van der Waals surface area contributed by atoms with Gasteiger partial charge in [0, 0.05) is 22.2 Å². The lowest BCUT2D eigenvalue weighted by atomic mass is 10.1. The summed E-state index contributed by atoms with van der Waals surface area (Å²) < 4.78 is 11.3. The zero-order valence-electron chi connectivity index (χ0n) is 10.0. The fourth-order valence-electron chi connectivity index (χ4n) is 1.46. The van der Waals surface area contributed by atoms with Gasteiger partial charge in [-0.25, -0.2) is 0 Å². The Labute approximate surface area is 104 Å². The minimum Gasteiger partial charge on any atom is -0.395 e. The number of aliphatic hydroxyl groups is 1. The van der Waals surface area contributed by atoms with Crippen molar-refractivity contribution in [3.05, 3.63) is 29.3 Å². The Kier molecular flexibility index (Phi) is 5.31. The van der Waals surface area contributed by atoms with Gasteiger partial charge in [0.05, 0.1) is 6.61 Å². The van der Waals surface area contributed by atoms with Crippen LogP contribution in [0.3, 0.4) is 0 Å². The number of aryl methyl sites for hydroxylation is 2. The van der Waals surface area contributed by atoms with Crippen LogP contribution in [-0.2, 0) is 15.6 Å². The van der Waals surface area contributed by atoms with E-state index in [1.165, 1.54) is 0 Å². The summed E-state index contributed by atoms with van der Waals surface area (Å²) in [6.07, 6.45) is 0. The van der Waals surface area contributed by atoms with Crippen molar-refractivity contribution in [1.29, 1.82) is 0 Å². The van der Waals surface area contributed by atoms with Crippen LogP contribution >= 0.6 is 0 Å². The largest absolute Gasteiger partial charge is 0.395 e.